The molecule has 0 bridgehead atoms. The molecule has 5 heteroatoms. The van der Waals surface area contributed by atoms with Gasteiger partial charge in [0.05, 0.1) is 5.56 Å². The fourth-order valence-corrected chi connectivity index (χ4v) is 1.22. The molecule has 0 aliphatic heterocycles. The van der Waals surface area contributed by atoms with Crippen molar-refractivity contribution < 1.29 is 14.7 Å². The van der Waals surface area contributed by atoms with Crippen molar-refractivity contribution in [3.63, 3.8) is 0 Å². The lowest BCUT2D eigenvalue weighted by Gasteiger charge is -2.02. The van der Waals surface area contributed by atoms with Crippen LogP contribution in [0.4, 0.5) is 0 Å². The van der Waals surface area contributed by atoms with Gasteiger partial charge in [-0.25, -0.2) is 4.79 Å². The Kier molecular flexibility index (Phi) is 3.91. The van der Waals surface area contributed by atoms with E-state index in [4.69, 9.17) is 5.11 Å². The maximum atomic E-state index is 11.1. The maximum Gasteiger partial charge on any atom is 0.337 e. The zero-order valence-corrected chi connectivity index (χ0v) is 8.56. The van der Waals surface area contributed by atoms with Gasteiger partial charge in [-0.05, 0) is 13.0 Å². The number of aryl methyl sites for hydroxylation is 1. The molecule has 1 aromatic heterocycles. The molecule has 0 radical (unpaired) electrons. The van der Waals surface area contributed by atoms with Crippen LogP contribution >= 0.6 is 0 Å². The van der Waals surface area contributed by atoms with Gasteiger partial charge in [0.1, 0.15) is 0 Å². The van der Waals surface area contributed by atoms with E-state index < -0.39 is 5.97 Å². The average Bonchev–Trinajstić information content (AvgIpc) is 2.63. The second-order valence-corrected chi connectivity index (χ2v) is 3.15. The van der Waals surface area contributed by atoms with Crippen LogP contribution in [0.1, 0.15) is 23.7 Å². The van der Waals surface area contributed by atoms with Crippen molar-refractivity contribution in [3.8, 4) is 0 Å². The van der Waals surface area contributed by atoms with Crippen molar-refractivity contribution >= 4 is 11.9 Å². The number of carbonyl (C=O) groups excluding carboxylic acids is 1. The molecule has 0 aliphatic carbocycles. The summed E-state index contributed by atoms with van der Waals surface area (Å²) in [6, 6.07) is 1.51. The van der Waals surface area contributed by atoms with Gasteiger partial charge >= 0.3 is 5.97 Å². The predicted molar refractivity (Wildman–Crippen MR) is 54.7 cm³/mol. The minimum atomic E-state index is -0.952. The van der Waals surface area contributed by atoms with Gasteiger partial charge in [0, 0.05) is 31.9 Å². The summed E-state index contributed by atoms with van der Waals surface area (Å²) in [4.78, 5) is 21.7. The van der Waals surface area contributed by atoms with Gasteiger partial charge in [-0.1, -0.05) is 0 Å². The Morgan fingerprint density at radius 2 is 2.27 bits per heavy atom. The molecule has 0 atom stereocenters. The van der Waals surface area contributed by atoms with Gasteiger partial charge < -0.3 is 15.0 Å². The largest absolute Gasteiger partial charge is 0.478 e. The number of aromatic carboxylic acids is 1. The molecule has 0 aromatic carbocycles. The molecule has 0 unspecified atom stereocenters. The summed E-state index contributed by atoms with van der Waals surface area (Å²) in [5.41, 5.74) is 0.242. The number of nitrogens with one attached hydrogen (secondary N) is 1. The number of aromatic nitrogens is 1. The van der Waals surface area contributed by atoms with E-state index in [1.54, 1.807) is 10.8 Å². The summed E-state index contributed by atoms with van der Waals surface area (Å²) in [6.07, 6.45) is 3.53. The highest BCUT2D eigenvalue weighted by Gasteiger charge is 2.05. The maximum absolute atomic E-state index is 11.1. The standard InChI is InChI=1S/C10H14N2O3/c1-2-11-9(13)4-6-12-5-3-8(7-12)10(14)15/h3,5,7H,2,4,6H2,1H3,(H,11,13)(H,14,15). The smallest absolute Gasteiger partial charge is 0.337 e. The SMILES string of the molecule is CCNC(=O)CCn1ccc(C(=O)O)c1. The Bertz CT molecular complexity index is 357. The van der Waals surface area contributed by atoms with Crippen molar-refractivity contribution in [2.45, 2.75) is 19.9 Å². The fourth-order valence-electron chi connectivity index (χ4n) is 1.22. The van der Waals surface area contributed by atoms with Crippen LogP contribution in [-0.4, -0.2) is 28.1 Å². The highest BCUT2D eigenvalue weighted by Crippen LogP contribution is 2.01. The molecule has 15 heavy (non-hydrogen) atoms. The predicted octanol–water partition coefficient (Wildman–Crippen LogP) is 0.712. The summed E-state index contributed by atoms with van der Waals surface area (Å²) >= 11 is 0. The lowest BCUT2D eigenvalue weighted by molar-refractivity contribution is -0.121. The summed E-state index contributed by atoms with van der Waals surface area (Å²) in [6.45, 7) is 2.97. The van der Waals surface area contributed by atoms with Crippen LogP contribution in [0.25, 0.3) is 0 Å². The van der Waals surface area contributed by atoms with Crippen LogP contribution in [0.2, 0.25) is 0 Å². The number of rotatable bonds is 5. The molecule has 82 valence electrons. The molecule has 1 heterocycles. The van der Waals surface area contributed by atoms with Gasteiger partial charge in [0.25, 0.3) is 0 Å². The number of hydrogen-bond acceptors (Lipinski definition) is 2. The summed E-state index contributed by atoms with van der Waals surface area (Å²) in [5.74, 6) is -0.977. The second kappa shape index (κ2) is 5.19. The van der Waals surface area contributed by atoms with E-state index in [2.05, 4.69) is 5.32 Å². The van der Waals surface area contributed by atoms with Crippen molar-refractivity contribution in [1.29, 1.82) is 0 Å². The molecule has 0 aliphatic rings. The summed E-state index contributed by atoms with van der Waals surface area (Å²) in [5, 5.41) is 11.3. The molecule has 0 spiro atoms. The molecular weight excluding hydrogens is 196 g/mol. The third-order valence-corrected chi connectivity index (χ3v) is 1.97. The zero-order chi connectivity index (χ0) is 11.3. The lowest BCUT2D eigenvalue weighted by Crippen LogP contribution is -2.23. The quantitative estimate of drug-likeness (QED) is 0.752. The molecule has 5 nitrogen and oxygen atoms in total. The third kappa shape index (κ3) is 3.46. The molecular formula is C10H14N2O3. The Balaban J connectivity index is 2.44. The minimum Gasteiger partial charge on any atom is -0.478 e. The summed E-state index contributed by atoms with van der Waals surface area (Å²) < 4.78 is 1.69. The fraction of sp³-hybridized carbons (Fsp3) is 0.400. The molecule has 0 saturated carbocycles. The Labute approximate surface area is 87.7 Å². The summed E-state index contributed by atoms with van der Waals surface area (Å²) in [7, 11) is 0. The van der Waals surface area contributed by atoms with E-state index in [1.165, 1.54) is 12.3 Å². The number of nitrogens with zero attached hydrogens (tertiary/aromatic N) is 1. The Morgan fingerprint density at radius 3 is 2.80 bits per heavy atom. The van der Waals surface area contributed by atoms with Gasteiger partial charge in [0.15, 0.2) is 0 Å². The zero-order valence-electron chi connectivity index (χ0n) is 8.56. The van der Waals surface area contributed by atoms with Crippen LogP contribution in [0.15, 0.2) is 18.5 Å². The Hall–Kier alpha value is -1.78. The highest BCUT2D eigenvalue weighted by molar-refractivity contribution is 5.87. The van der Waals surface area contributed by atoms with Crippen LogP contribution in [0, 0.1) is 0 Å². The normalized spacial score (nSPS) is 9.93. The average molecular weight is 210 g/mol. The molecule has 1 amide bonds. The van der Waals surface area contributed by atoms with Crippen LogP contribution in [-0.2, 0) is 11.3 Å². The number of carbonyl (C=O) groups is 2. The lowest BCUT2D eigenvalue weighted by atomic mass is 10.3. The first-order chi connectivity index (χ1) is 7.13. The second-order valence-electron chi connectivity index (χ2n) is 3.15. The first kappa shape index (κ1) is 11.3. The van der Waals surface area contributed by atoms with E-state index in [1.807, 2.05) is 6.92 Å². The molecule has 0 fully saturated rings. The van der Waals surface area contributed by atoms with Crippen molar-refractivity contribution in [2.75, 3.05) is 6.54 Å². The van der Waals surface area contributed by atoms with Crippen molar-refractivity contribution in [3.05, 3.63) is 24.0 Å². The van der Waals surface area contributed by atoms with E-state index in [-0.39, 0.29) is 11.5 Å². The minimum absolute atomic E-state index is 0.0249. The number of amides is 1. The van der Waals surface area contributed by atoms with Gasteiger partial charge in [-0.15, -0.1) is 0 Å². The van der Waals surface area contributed by atoms with Crippen molar-refractivity contribution in [2.24, 2.45) is 0 Å². The molecule has 1 aromatic rings. The monoisotopic (exact) mass is 210 g/mol. The van der Waals surface area contributed by atoms with E-state index in [0.29, 0.717) is 19.5 Å². The van der Waals surface area contributed by atoms with E-state index in [9.17, 15) is 9.59 Å². The highest BCUT2D eigenvalue weighted by atomic mass is 16.4. The number of carboxylic acid groups (broad SMARTS) is 1. The number of hydrogen-bond donors (Lipinski definition) is 2. The molecule has 2 N–H and O–H groups in total. The topological polar surface area (TPSA) is 71.3 Å². The molecule has 1 rings (SSSR count). The third-order valence-electron chi connectivity index (χ3n) is 1.97. The van der Waals surface area contributed by atoms with Crippen molar-refractivity contribution in [1.82, 2.24) is 9.88 Å². The van der Waals surface area contributed by atoms with E-state index in [0.717, 1.165) is 0 Å². The first-order valence-electron chi connectivity index (χ1n) is 4.79. The van der Waals surface area contributed by atoms with Crippen LogP contribution < -0.4 is 5.32 Å². The van der Waals surface area contributed by atoms with Crippen LogP contribution in [0.3, 0.4) is 0 Å². The van der Waals surface area contributed by atoms with Gasteiger partial charge in [0.2, 0.25) is 5.91 Å². The molecule has 0 saturated heterocycles. The number of carboxylic acids is 1. The van der Waals surface area contributed by atoms with Crippen LogP contribution in [0.5, 0.6) is 0 Å². The Morgan fingerprint density at radius 1 is 1.53 bits per heavy atom. The first-order valence-corrected chi connectivity index (χ1v) is 4.79. The van der Waals surface area contributed by atoms with E-state index >= 15 is 0 Å². The van der Waals surface area contributed by atoms with Gasteiger partial charge in [-0.2, -0.15) is 0 Å². The van der Waals surface area contributed by atoms with Gasteiger partial charge in [-0.3, -0.25) is 4.79 Å².